The SMILES string of the molecule is CC1=NC(=O)C(C2CCN(C(=O)OCc3ccccc3)CC2)C(=O)N1. The monoisotopic (exact) mass is 343 g/mol. The van der Waals surface area contributed by atoms with Crippen molar-refractivity contribution < 1.29 is 19.1 Å². The van der Waals surface area contributed by atoms with Crippen molar-refractivity contribution in [2.45, 2.75) is 26.4 Å². The standard InChI is InChI=1S/C18H21N3O4/c1-12-19-16(22)15(17(23)20-12)14-7-9-21(10-8-14)18(24)25-11-13-5-3-2-4-6-13/h2-6,14-15H,7-11H2,1H3,(H,19,20,22,23). The number of carbonyl (C=O) groups excluding carboxylic acids is 3. The molecule has 3 rings (SSSR count). The molecule has 0 aromatic heterocycles. The van der Waals surface area contributed by atoms with Crippen molar-refractivity contribution in [2.24, 2.45) is 16.8 Å². The zero-order chi connectivity index (χ0) is 17.8. The Hall–Kier alpha value is -2.70. The van der Waals surface area contributed by atoms with Crippen molar-refractivity contribution >= 4 is 23.7 Å². The van der Waals surface area contributed by atoms with Crippen LogP contribution in [-0.4, -0.2) is 41.7 Å². The van der Waals surface area contributed by atoms with E-state index in [-0.39, 0.29) is 30.4 Å². The highest BCUT2D eigenvalue weighted by molar-refractivity contribution is 6.15. The van der Waals surface area contributed by atoms with Crippen molar-refractivity contribution in [3.05, 3.63) is 35.9 Å². The first-order valence-corrected chi connectivity index (χ1v) is 8.40. The minimum atomic E-state index is -0.744. The number of amides is 3. The predicted molar refractivity (Wildman–Crippen MR) is 90.7 cm³/mol. The molecular formula is C18H21N3O4. The molecule has 1 unspecified atom stereocenters. The predicted octanol–water partition coefficient (Wildman–Crippen LogP) is 1.73. The van der Waals surface area contributed by atoms with Gasteiger partial charge in [-0.15, -0.1) is 0 Å². The van der Waals surface area contributed by atoms with Gasteiger partial charge in [-0.05, 0) is 31.2 Å². The second kappa shape index (κ2) is 7.46. The second-order valence-corrected chi connectivity index (χ2v) is 6.37. The van der Waals surface area contributed by atoms with Crippen LogP contribution >= 0.6 is 0 Å². The van der Waals surface area contributed by atoms with Crippen LogP contribution in [0.4, 0.5) is 4.79 Å². The zero-order valence-corrected chi connectivity index (χ0v) is 14.1. The lowest BCUT2D eigenvalue weighted by atomic mass is 9.82. The van der Waals surface area contributed by atoms with Crippen LogP contribution in [0.3, 0.4) is 0 Å². The summed E-state index contributed by atoms with van der Waals surface area (Å²) in [5, 5.41) is 2.61. The number of carbonyl (C=O) groups is 3. The number of benzene rings is 1. The van der Waals surface area contributed by atoms with E-state index in [1.807, 2.05) is 30.3 Å². The quantitative estimate of drug-likeness (QED) is 0.847. The number of amidine groups is 1. The van der Waals surface area contributed by atoms with E-state index < -0.39 is 5.92 Å². The van der Waals surface area contributed by atoms with E-state index in [0.29, 0.717) is 31.8 Å². The van der Waals surface area contributed by atoms with Crippen LogP contribution in [-0.2, 0) is 20.9 Å². The summed E-state index contributed by atoms with van der Waals surface area (Å²) in [5.41, 5.74) is 0.934. The Kier molecular flexibility index (Phi) is 5.11. The number of nitrogens with one attached hydrogen (secondary N) is 1. The van der Waals surface area contributed by atoms with Gasteiger partial charge >= 0.3 is 6.09 Å². The molecule has 1 aromatic rings. The molecule has 1 saturated heterocycles. The molecule has 7 nitrogen and oxygen atoms in total. The summed E-state index contributed by atoms with van der Waals surface area (Å²) in [4.78, 5) is 41.7. The van der Waals surface area contributed by atoms with Gasteiger partial charge in [0.2, 0.25) is 5.91 Å². The van der Waals surface area contributed by atoms with Gasteiger partial charge in [0, 0.05) is 13.1 Å². The Labute approximate surface area is 146 Å². The second-order valence-electron chi connectivity index (χ2n) is 6.37. The molecule has 0 spiro atoms. The molecule has 0 saturated carbocycles. The molecule has 132 valence electrons. The van der Waals surface area contributed by atoms with Crippen LogP contribution in [0, 0.1) is 11.8 Å². The number of hydrogen-bond acceptors (Lipinski definition) is 4. The molecule has 2 aliphatic heterocycles. The lowest BCUT2D eigenvalue weighted by Crippen LogP contribution is -2.49. The van der Waals surface area contributed by atoms with E-state index in [0.717, 1.165) is 5.56 Å². The maximum Gasteiger partial charge on any atom is 0.410 e. The minimum absolute atomic E-state index is 0.0949. The van der Waals surface area contributed by atoms with Gasteiger partial charge in [0.15, 0.2) is 0 Å². The van der Waals surface area contributed by atoms with Crippen LogP contribution in [0.15, 0.2) is 35.3 Å². The van der Waals surface area contributed by atoms with Gasteiger partial charge in [0.25, 0.3) is 5.91 Å². The molecule has 2 aliphatic rings. The Morgan fingerprint density at radius 2 is 1.92 bits per heavy atom. The van der Waals surface area contributed by atoms with Crippen LogP contribution in [0.2, 0.25) is 0 Å². The summed E-state index contributed by atoms with van der Waals surface area (Å²) in [6.45, 7) is 2.77. The summed E-state index contributed by atoms with van der Waals surface area (Å²) < 4.78 is 5.32. The molecule has 7 heteroatoms. The first-order chi connectivity index (χ1) is 12.0. The maximum absolute atomic E-state index is 12.2. The van der Waals surface area contributed by atoms with Gasteiger partial charge in [-0.1, -0.05) is 30.3 Å². The number of rotatable bonds is 3. The highest BCUT2D eigenvalue weighted by Gasteiger charge is 2.39. The molecule has 0 radical (unpaired) electrons. The third kappa shape index (κ3) is 4.04. The van der Waals surface area contributed by atoms with E-state index >= 15 is 0 Å². The molecule has 1 fully saturated rings. The Morgan fingerprint density at radius 3 is 2.56 bits per heavy atom. The number of ether oxygens (including phenoxy) is 1. The van der Waals surface area contributed by atoms with E-state index in [1.54, 1.807) is 11.8 Å². The van der Waals surface area contributed by atoms with E-state index in [1.165, 1.54) is 0 Å². The van der Waals surface area contributed by atoms with Gasteiger partial charge in [0.1, 0.15) is 18.4 Å². The van der Waals surface area contributed by atoms with Gasteiger partial charge < -0.3 is 15.0 Å². The Morgan fingerprint density at radius 1 is 1.24 bits per heavy atom. The van der Waals surface area contributed by atoms with Crippen molar-refractivity contribution in [1.29, 1.82) is 0 Å². The zero-order valence-electron chi connectivity index (χ0n) is 14.1. The fraction of sp³-hybridized carbons (Fsp3) is 0.444. The summed E-state index contributed by atoms with van der Waals surface area (Å²) >= 11 is 0. The topological polar surface area (TPSA) is 88.1 Å². The van der Waals surface area contributed by atoms with Crippen LogP contribution < -0.4 is 5.32 Å². The average molecular weight is 343 g/mol. The summed E-state index contributed by atoms with van der Waals surface area (Å²) in [7, 11) is 0. The Bertz CT molecular complexity index is 694. The molecule has 1 N–H and O–H groups in total. The largest absolute Gasteiger partial charge is 0.445 e. The average Bonchev–Trinajstić information content (AvgIpc) is 2.60. The molecule has 0 bridgehead atoms. The summed E-state index contributed by atoms with van der Waals surface area (Å²) in [6.07, 6.45) is 0.799. The highest BCUT2D eigenvalue weighted by atomic mass is 16.6. The third-order valence-corrected chi connectivity index (χ3v) is 4.60. The first-order valence-electron chi connectivity index (χ1n) is 8.40. The fourth-order valence-corrected chi connectivity index (χ4v) is 3.27. The fourth-order valence-electron chi connectivity index (χ4n) is 3.27. The van der Waals surface area contributed by atoms with E-state index in [2.05, 4.69) is 10.3 Å². The number of nitrogens with zero attached hydrogens (tertiary/aromatic N) is 2. The summed E-state index contributed by atoms with van der Waals surface area (Å²) in [6, 6.07) is 9.49. The maximum atomic E-state index is 12.2. The highest BCUT2D eigenvalue weighted by Crippen LogP contribution is 2.28. The molecule has 0 aliphatic carbocycles. The number of hydrogen-bond donors (Lipinski definition) is 1. The van der Waals surface area contributed by atoms with Gasteiger partial charge in [-0.25, -0.2) is 4.79 Å². The smallest absolute Gasteiger partial charge is 0.410 e. The number of aliphatic imine (C=N–C) groups is 1. The lowest BCUT2D eigenvalue weighted by molar-refractivity contribution is -0.136. The lowest BCUT2D eigenvalue weighted by Gasteiger charge is -2.34. The van der Waals surface area contributed by atoms with Crippen molar-refractivity contribution in [2.75, 3.05) is 13.1 Å². The number of likely N-dealkylation sites (tertiary alicyclic amines) is 1. The van der Waals surface area contributed by atoms with Crippen molar-refractivity contribution in [3.8, 4) is 0 Å². The Balaban J connectivity index is 1.51. The van der Waals surface area contributed by atoms with Crippen molar-refractivity contribution in [1.82, 2.24) is 10.2 Å². The van der Waals surface area contributed by atoms with Gasteiger partial charge in [-0.3, -0.25) is 9.59 Å². The number of piperidine rings is 1. The van der Waals surface area contributed by atoms with Gasteiger partial charge in [0.05, 0.1) is 0 Å². The minimum Gasteiger partial charge on any atom is -0.445 e. The van der Waals surface area contributed by atoms with E-state index in [4.69, 9.17) is 4.74 Å². The molecule has 2 heterocycles. The van der Waals surface area contributed by atoms with Crippen LogP contribution in [0.5, 0.6) is 0 Å². The van der Waals surface area contributed by atoms with Crippen LogP contribution in [0.1, 0.15) is 25.3 Å². The molecular weight excluding hydrogens is 322 g/mol. The first kappa shape index (κ1) is 17.1. The summed E-state index contributed by atoms with van der Waals surface area (Å²) in [5.74, 6) is -1.17. The third-order valence-electron chi connectivity index (χ3n) is 4.60. The normalized spacial score (nSPS) is 21.6. The van der Waals surface area contributed by atoms with Gasteiger partial charge in [-0.2, -0.15) is 4.99 Å². The molecule has 1 atom stereocenters. The molecule has 1 aromatic carbocycles. The van der Waals surface area contributed by atoms with E-state index in [9.17, 15) is 14.4 Å². The van der Waals surface area contributed by atoms with Crippen molar-refractivity contribution in [3.63, 3.8) is 0 Å². The molecule has 3 amide bonds. The molecule has 25 heavy (non-hydrogen) atoms. The van der Waals surface area contributed by atoms with Crippen LogP contribution in [0.25, 0.3) is 0 Å².